The highest BCUT2D eigenvalue weighted by Crippen LogP contribution is 2.41. The third kappa shape index (κ3) is 5.79. The lowest BCUT2D eigenvalue weighted by Crippen LogP contribution is -2.52. The number of aromatic nitrogens is 3. The first-order chi connectivity index (χ1) is 20.1. The molecule has 0 amide bonds. The van der Waals surface area contributed by atoms with Gasteiger partial charge in [-0.1, -0.05) is 53.0 Å². The van der Waals surface area contributed by atoms with Crippen molar-refractivity contribution < 1.29 is 13.0 Å². The summed E-state index contributed by atoms with van der Waals surface area (Å²) in [6.45, 7) is 6.27. The predicted molar refractivity (Wildman–Crippen MR) is 169 cm³/mol. The molecular weight excluding hydrogens is 621 g/mol. The van der Waals surface area contributed by atoms with E-state index < -0.39 is 10.3 Å². The van der Waals surface area contributed by atoms with Crippen molar-refractivity contribution in [2.45, 2.75) is 18.9 Å². The summed E-state index contributed by atoms with van der Waals surface area (Å²) in [6.07, 6.45) is 4.85. The molecule has 2 aromatic carbocycles. The molecule has 2 aliphatic rings. The van der Waals surface area contributed by atoms with Crippen LogP contribution in [0.3, 0.4) is 0 Å². The molecule has 10 nitrogen and oxygen atoms in total. The van der Waals surface area contributed by atoms with Gasteiger partial charge in [0.15, 0.2) is 0 Å². The van der Waals surface area contributed by atoms with Gasteiger partial charge in [0.05, 0.1) is 43.9 Å². The van der Waals surface area contributed by atoms with Crippen LogP contribution in [0.15, 0.2) is 48.8 Å². The van der Waals surface area contributed by atoms with Crippen molar-refractivity contribution in [2.24, 2.45) is 0 Å². The van der Waals surface area contributed by atoms with Gasteiger partial charge in [0.2, 0.25) is 5.95 Å². The summed E-state index contributed by atoms with van der Waals surface area (Å²) in [5, 5.41) is 4.67. The Morgan fingerprint density at radius 2 is 1.67 bits per heavy atom. The maximum atomic E-state index is 12.0. The lowest BCUT2D eigenvalue weighted by Gasteiger charge is -2.42. The average molecular weight is 651 g/mol. The molecule has 2 aliphatic heterocycles. The van der Waals surface area contributed by atoms with E-state index in [-0.39, 0.29) is 22.2 Å². The third-order valence-electron chi connectivity index (χ3n) is 8.09. The Morgan fingerprint density at radius 3 is 2.38 bits per heavy atom. The van der Waals surface area contributed by atoms with Crippen molar-refractivity contribution in [1.82, 2.24) is 23.7 Å². The topological polar surface area (TPSA) is 107 Å². The maximum absolute atomic E-state index is 12.0. The molecule has 222 valence electrons. The Balaban J connectivity index is 1.22. The van der Waals surface area contributed by atoms with Crippen molar-refractivity contribution in [3.05, 3.63) is 63.9 Å². The molecule has 2 saturated heterocycles. The Hall–Kier alpha value is -2.64. The molecule has 4 aromatic rings. The molecule has 0 radical (unpaired) electrons. The molecular formula is C28H30Cl3N7O3S. The van der Waals surface area contributed by atoms with Gasteiger partial charge in [-0.2, -0.15) is 8.42 Å². The number of rotatable bonds is 6. The van der Waals surface area contributed by atoms with E-state index in [4.69, 9.17) is 34.8 Å². The highest BCUT2D eigenvalue weighted by atomic mass is 35.5. The number of nitrogens with one attached hydrogen (secondary N) is 1. The minimum Gasteiger partial charge on any atom is -0.370 e. The van der Waals surface area contributed by atoms with E-state index in [1.807, 2.05) is 12.1 Å². The second-order valence-corrected chi connectivity index (χ2v) is 13.1. The first kappa shape index (κ1) is 29.4. The first-order valence-electron chi connectivity index (χ1n) is 13.6. The molecule has 2 aromatic heterocycles. The number of nitrogens with zero attached hydrogens (tertiary/aromatic N) is 6. The van der Waals surface area contributed by atoms with Gasteiger partial charge >= 0.3 is 10.3 Å². The van der Waals surface area contributed by atoms with Gasteiger partial charge in [0, 0.05) is 62.5 Å². The van der Waals surface area contributed by atoms with Crippen LogP contribution in [0.4, 0.5) is 17.3 Å². The van der Waals surface area contributed by atoms with Crippen LogP contribution in [0.2, 0.25) is 15.1 Å². The SMILES string of the molecule is CN1CCN(C2CCN(c3ccc(Nc4ncc(Cl)c(-c5cn(S(=O)(=O)O)c6ccccc56)n4)c(Cl)c3Cl)CC2)CC1. The van der Waals surface area contributed by atoms with E-state index in [9.17, 15) is 13.0 Å². The molecule has 6 rings (SSSR count). The molecule has 0 atom stereocenters. The second kappa shape index (κ2) is 11.8. The number of hydrogen-bond acceptors (Lipinski definition) is 8. The van der Waals surface area contributed by atoms with Crippen molar-refractivity contribution in [3.8, 4) is 11.3 Å². The molecule has 0 unspecified atom stereocenters. The molecule has 0 aliphatic carbocycles. The number of halogens is 3. The summed E-state index contributed by atoms with van der Waals surface area (Å²) in [5.41, 5.74) is 2.40. The Kier molecular flexibility index (Phi) is 8.27. The molecule has 42 heavy (non-hydrogen) atoms. The molecule has 2 N–H and O–H groups in total. The van der Waals surface area contributed by atoms with Gasteiger partial charge < -0.3 is 15.1 Å². The van der Waals surface area contributed by atoms with Crippen molar-refractivity contribution in [2.75, 3.05) is 56.5 Å². The molecule has 14 heteroatoms. The fraction of sp³-hybridized carbons (Fsp3) is 0.357. The number of fused-ring (bicyclic) bond motifs is 1. The van der Waals surface area contributed by atoms with Gasteiger partial charge in [0.25, 0.3) is 0 Å². The zero-order valence-corrected chi connectivity index (χ0v) is 25.9. The Bertz CT molecular complexity index is 1730. The van der Waals surface area contributed by atoms with E-state index in [0.29, 0.717) is 32.7 Å². The number of hydrogen-bond donors (Lipinski definition) is 2. The standard InChI is InChI=1S/C28H30Cl3N7O3S/c1-35-12-14-36(15-13-35)18-8-10-37(11-9-18)24-7-6-22(25(30)26(24)31)33-28-32-16-21(29)27(34-28)20-17-38(42(39,40)41)23-5-3-2-4-19(20)23/h2-7,16-18H,8-15H2,1H3,(H,32,33,34)(H,39,40,41). The third-order valence-corrected chi connectivity index (χ3v) is 10.0. The predicted octanol–water partition coefficient (Wildman–Crippen LogP) is 5.67. The van der Waals surface area contributed by atoms with Crippen molar-refractivity contribution in [1.29, 1.82) is 0 Å². The highest BCUT2D eigenvalue weighted by Gasteiger charge is 2.28. The van der Waals surface area contributed by atoms with Gasteiger partial charge in [-0.15, -0.1) is 0 Å². The second-order valence-electron chi connectivity index (χ2n) is 10.7. The monoisotopic (exact) mass is 649 g/mol. The zero-order valence-electron chi connectivity index (χ0n) is 22.8. The number of benzene rings is 2. The molecule has 0 saturated carbocycles. The number of piperidine rings is 1. The van der Waals surface area contributed by atoms with Crippen LogP contribution >= 0.6 is 34.8 Å². The van der Waals surface area contributed by atoms with Gasteiger partial charge in [-0.3, -0.25) is 9.45 Å². The van der Waals surface area contributed by atoms with E-state index in [2.05, 4.69) is 37.0 Å². The van der Waals surface area contributed by atoms with Crippen LogP contribution in [0.5, 0.6) is 0 Å². The lowest BCUT2D eigenvalue weighted by molar-refractivity contribution is 0.0982. The summed E-state index contributed by atoms with van der Waals surface area (Å²) >= 11 is 20.0. The fourth-order valence-electron chi connectivity index (χ4n) is 5.81. The van der Waals surface area contributed by atoms with Crippen LogP contribution in [0, 0.1) is 0 Å². The highest BCUT2D eigenvalue weighted by molar-refractivity contribution is 7.84. The molecule has 0 bridgehead atoms. The van der Waals surface area contributed by atoms with Crippen LogP contribution in [0.25, 0.3) is 22.2 Å². The number of anilines is 3. The number of para-hydroxylation sites is 1. The van der Waals surface area contributed by atoms with Crippen LogP contribution in [-0.2, 0) is 10.3 Å². The summed E-state index contributed by atoms with van der Waals surface area (Å²) in [7, 11) is -2.37. The fourth-order valence-corrected chi connectivity index (χ4v) is 7.14. The maximum Gasteiger partial charge on any atom is 0.363 e. The summed E-state index contributed by atoms with van der Waals surface area (Å²) in [4.78, 5) is 16.1. The molecule has 4 heterocycles. The number of piperazine rings is 1. The Morgan fingerprint density at radius 1 is 0.952 bits per heavy atom. The largest absolute Gasteiger partial charge is 0.370 e. The lowest BCUT2D eigenvalue weighted by atomic mass is 10.0. The smallest absolute Gasteiger partial charge is 0.363 e. The van der Waals surface area contributed by atoms with Gasteiger partial charge in [0.1, 0.15) is 0 Å². The Labute approximate surface area is 259 Å². The first-order valence-corrected chi connectivity index (χ1v) is 16.2. The minimum absolute atomic E-state index is 0.191. The van der Waals surface area contributed by atoms with E-state index in [1.165, 1.54) is 12.4 Å². The molecule has 0 spiro atoms. The van der Waals surface area contributed by atoms with E-state index >= 15 is 0 Å². The quantitative estimate of drug-likeness (QED) is 0.255. The van der Waals surface area contributed by atoms with Crippen LogP contribution < -0.4 is 10.2 Å². The zero-order chi connectivity index (χ0) is 29.6. The van der Waals surface area contributed by atoms with E-state index in [0.717, 1.165) is 61.8 Å². The normalized spacial score (nSPS) is 17.7. The van der Waals surface area contributed by atoms with Gasteiger partial charge in [-0.05, 0) is 38.1 Å². The minimum atomic E-state index is -4.55. The summed E-state index contributed by atoms with van der Waals surface area (Å²) in [5.74, 6) is 0.191. The van der Waals surface area contributed by atoms with Crippen LogP contribution in [-0.4, -0.2) is 89.1 Å². The number of likely N-dealkylation sites (N-methyl/N-ethyl adjacent to an activating group) is 1. The van der Waals surface area contributed by atoms with Crippen molar-refractivity contribution >= 4 is 73.3 Å². The summed E-state index contributed by atoms with van der Waals surface area (Å²) in [6, 6.07) is 11.1. The van der Waals surface area contributed by atoms with Gasteiger partial charge in [-0.25, -0.2) is 13.9 Å². The average Bonchev–Trinajstić information content (AvgIpc) is 3.37. The summed E-state index contributed by atoms with van der Waals surface area (Å²) < 4.78 is 34.5. The van der Waals surface area contributed by atoms with Crippen LogP contribution in [0.1, 0.15) is 12.8 Å². The van der Waals surface area contributed by atoms with E-state index in [1.54, 1.807) is 24.3 Å². The molecule has 2 fully saturated rings. The van der Waals surface area contributed by atoms with Crippen molar-refractivity contribution in [3.63, 3.8) is 0 Å².